The van der Waals surface area contributed by atoms with E-state index in [1.807, 2.05) is 30.3 Å². The van der Waals surface area contributed by atoms with Crippen LogP contribution in [0.4, 0.5) is 20.9 Å². The highest BCUT2D eigenvalue weighted by Gasteiger charge is 2.17. The lowest BCUT2D eigenvalue weighted by molar-refractivity contribution is -0.116. The van der Waals surface area contributed by atoms with E-state index in [1.54, 1.807) is 7.11 Å². The van der Waals surface area contributed by atoms with Crippen LogP contribution >= 0.6 is 23.1 Å². The molecule has 0 fully saturated rings. The monoisotopic (exact) mass is 443 g/mol. The molecule has 1 aromatic heterocycles. The molecule has 1 heterocycles. The minimum atomic E-state index is -0.384. The Morgan fingerprint density at radius 3 is 2.83 bits per heavy atom. The van der Waals surface area contributed by atoms with Crippen LogP contribution in [0, 0.1) is 17.1 Å². The van der Waals surface area contributed by atoms with Crippen LogP contribution in [-0.2, 0) is 4.79 Å². The zero-order chi connectivity index (χ0) is 21.3. The highest BCUT2D eigenvalue weighted by molar-refractivity contribution is 8.01. The van der Waals surface area contributed by atoms with Crippen molar-refractivity contribution in [1.82, 2.24) is 10.2 Å². The van der Waals surface area contributed by atoms with Crippen molar-refractivity contribution in [3.8, 4) is 11.8 Å². The molecule has 3 aromatic rings. The molecule has 0 atom stereocenters. The lowest BCUT2D eigenvalue weighted by atomic mass is 10.2. The molecule has 0 radical (unpaired) electrons. The second-order valence-corrected chi connectivity index (χ2v) is 8.15. The minimum Gasteiger partial charge on any atom is -0.497 e. The summed E-state index contributed by atoms with van der Waals surface area (Å²) in [6.07, 6.45) is 0.182. The van der Waals surface area contributed by atoms with Crippen LogP contribution in [-0.4, -0.2) is 35.5 Å². The fraction of sp³-hybridized carbons (Fsp3) is 0.200. The SMILES string of the molecule is COc1cccc(Nc2nnc(SCC(=O)N(CCC#N)c3ccc(F)cc3)s2)c1. The van der Waals surface area contributed by atoms with Crippen molar-refractivity contribution in [1.29, 1.82) is 5.26 Å². The average molecular weight is 444 g/mol. The first-order chi connectivity index (χ1) is 14.6. The summed E-state index contributed by atoms with van der Waals surface area (Å²) in [5, 5.41) is 20.8. The van der Waals surface area contributed by atoms with Gasteiger partial charge in [0, 0.05) is 24.0 Å². The summed E-state index contributed by atoms with van der Waals surface area (Å²) >= 11 is 2.59. The van der Waals surface area contributed by atoms with Crippen molar-refractivity contribution in [3.05, 3.63) is 54.3 Å². The van der Waals surface area contributed by atoms with Gasteiger partial charge in [-0.1, -0.05) is 29.2 Å². The van der Waals surface area contributed by atoms with E-state index in [0.29, 0.717) is 15.2 Å². The van der Waals surface area contributed by atoms with Gasteiger partial charge in [0.25, 0.3) is 0 Å². The molecule has 30 heavy (non-hydrogen) atoms. The van der Waals surface area contributed by atoms with E-state index < -0.39 is 0 Å². The topological polar surface area (TPSA) is 91.1 Å². The molecule has 0 aliphatic carbocycles. The molecule has 3 rings (SSSR count). The van der Waals surface area contributed by atoms with E-state index in [-0.39, 0.29) is 30.4 Å². The zero-order valence-electron chi connectivity index (χ0n) is 16.0. The third kappa shape index (κ3) is 5.92. The Kier molecular flexibility index (Phi) is 7.59. The molecular weight excluding hydrogens is 425 g/mol. The molecule has 0 unspecified atom stereocenters. The van der Waals surface area contributed by atoms with Gasteiger partial charge >= 0.3 is 0 Å². The van der Waals surface area contributed by atoms with Gasteiger partial charge in [0.2, 0.25) is 11.0 Å². The summed E-state index contributed by atoms with van der Waals surface area (Å²) < 4.78 is 19.0. The van der Waals surface area contributed by atoms with Crippen LogP contribution < -0.4 is 15.0 Å². The van der Waals surface area contributed by atoms with Crippen LogP contribution in [0.25, 0.3) is 0 Å². The number of hydrogen-bond donors (Lipinski definition) is 1. The fourth-order valence-corrected chi connectivity index (χ4v) is 4.17. The Morgan fingerprint density at radius 1 is 1.30 bits per heavy atom. The number of anilines is 3. The average Bonchev–Trinajstić information content (AvgIpc) is 3.21. The van der Waals surface area contributed by atoms with Crippen LogP contribution in [0.2, 0.25) is 0 Å². The lowest BCUT2D eigenvalue weighted by Gasteiger charge is -2.21. The van der Waals surface area contributed by atoms with Crippen molar-refractivity contribution in [2.75, 3.05) is 29.6 Å². The van der Waals surface area contributed by atoms with E-state index in [0.717, 1.165) is 11.4 Å². The van der Waals surface area contributed by atoms with Crippen LogP contribution in [0.3, 0.4) is 0 Å². The number of carbonyl (C=O) groups is 1. The van der Waals surface area contributed by atoms with Crippen molar-refractivity contribution in [2.24, 2.45) is 0 Å². The standard InChI is InChI=1S/C20H18FN5O2S2/c1-28-17-5-2-4-15(12-17)23-19-24-25-20(30-19)29-13-18(27)26(11-3-10-22)16-8-6-14(21)7-9-16/h2,4-9,12H,3,11,13H2,1H3,(H,23,24). The number of hydrogen-bond acceptors (Lipinski definition) is 8. The quantitative estimate of drug-likeness (QED) is 0.488. The van der Waals surface area contributed by atoms with Crippen molar-refractivity contribution in [2.45, 2.75) is 10.8 Å². The molecule has 0 bridgehead atoms. The van der Waals surface area contributed by atoms with Crippen LogP contribution in [0.5, 0.6) is 5.75 Å². The number of aromatic nitrogens is 2. The third-order valence-electron chi connectivity index (χ3n) is 3.93. The predicted molar refractivity (Wildman–Crippen MR) is 116 cm³/mol. The Morgan fingerprint density at radius 2 is 2.10 bits per heavy atom. The van der Waals surface area contributed by atoms with Gasteiger partial charge in [0.15, 0.2) is 4.34 Å². The number of amides is 1. The van der Waals surface area contributed by atoms with Crippen LogP contribution in [0.15, 0.2) is 52.9 Å². The summed E-state index contributed by atoms with van der Waals surface area (Å²) in [7, 11) is 1.60. The normalized spacial score (nSPS) is 10.3. The number of benzene rings is 2. The Bertz CT molecular complexity index is 1040. The molecule has 0 aliphatic rings. The number of nitriles is 1. The van der Waals surface area contributed by atoms with E-state index in [9.17, 15) is 9.18 Å². The first-order valence-corrected chi connectivity index (χ1v) is 10.7. The number of nitrogens with one attached hydrogen (secondary N) is 1. The number of rotatable bonds is 9. The summed E-state index contributed by atoms with van der Waals surface area (Å²) in [5.74, 6) is 0.268. The molecule has 0 saturated heterocycles. The van der Waals surface area contributed by atoms with Gasteiger partial charge in [-0.25, -0.2) is 4.39 Å². The largest absolute Gasteiger partial charge is 0.497 e. The van der Waals surface area contributed by atoms with Crippen molar-refractivity contribution >= 4 is 45.5 Å². The van der Waals surface area contributed by atoms with Gasteiger partial charge in [0.05, 0.1) is 25.4 Å². The van der Waals surface area contributed by atoms with Gasteiger partial charge in [-0.05, 0) is 36.4 Å². The number of carbonyl (C=O) groups excluding carboxylic acids is 1. The number of nitrogens with zero attached hydrogens (tertiary/aromatic N) is 4. The van der Waals surface area contributed by atoms with E-state index >= 15 is 0 Å². The van der Waals surface area contributed by atoms with Crippen molar-refractivity contribution in [3.63, 3.8) is 0 Å². The summed E-state index contributed by atoms with van der Waals surface area (Å²) in [6, 6.07) is 15.1. The van der Waals surface area contributed by atoms with Gasteiger partial charge in [-0.15, -0.1) is 10.2 Å². The van der Waals surface area contributed by atoms with Crippen molar-refractivity contribution < 1.29 is 13.9 Å². The molecule has 7 nitrogen and oxygen atoms in total. The van der Waals surface area contributed by atoms with Gasteiger partial charge in [-0.3, -0.25) is 4.79 Å². The Balaban J connectivity index is 1.61. The highest BCUT2D eigenvalue weighted by Crippen LogP contribution is 2.29. The molecular formula is C20H18FN5O2S2. The number of thioether (sulfide) groups is 1. The van der Waals surface area contributed by atoms with E-state index in [1.165, 1.54) is 52.3 Å². The maximum atomic E-state index is 13.2. The third-order valence-corrected chi connectivity index (χ3v) is 5.89. The Hall–Kier alpha value is -3.16. The zero-order valence-corrected chi connectivity index (χ0v) is 17.7. The first-order valence-electron chi connectivity index (χ1n) is 8.89. The molecule has 0 spiro atoms. The van der Waals surface area contributed by atoms with Crippen LogP contribution in [0.1, 0.15) is 6.42 Å². The second-order valence-electron chi connectivity index (χ2n) is 5.95. The minimum absolute atomic E-state index is 0.122. The smallest absolute Gasteiger partial charge is 0.237 e. The maximum absolute atomic E-state index is 13.2. The van der Waals surface area contributed by atoms with Gasteiger partial charge in [-0.2, -0.15) is 5.26 Å². The van der Waals surface area contributed by atoms with Gasteiger partial charge in [0.1, 0.15) is 11.6 Å². The number of methoxy groups -OCH3 is 1. The molecule has 1 amide bonds. The maximum Gasteiger partial charge on any atom is 0.237 e. The van der Waals surface area contributed by atoms with E-state index in [2.05, 4.69) is 15.5 Å². The molecule has 2 aromatic carbocycles. The summed E-state index contributed by atoms with van der Waals surface area (Å²) in [5.41, 5.74) is 1.37. The highest BCUT2D eigenvalue weighted by atomic mass is 32.2. The van der Waals surface area contributed by atoms with E-state index in [4.69, 9.17) is 10.00 Å². The number of halogens is 1. The predicted octanol–water partition coefficient (Wildman–Crippen LogP) is 4.47. The molecule has 0 saturated carbocycles. The lowest BCUT2D eigenvalue weighted by Crippen LogP contribution is -2.33. The second kappa shape index (κ2) is 10.6. The first kappa shape index (κ1) is 21.5. The van der Waals surface area contributed by atoms with Gasteiger partial charge < -0.3 is 15.0 Å². The molecule has 0 aliphatic heterocycles. The summed E-state index contributed by atoms with van der Waals surface area (Å²) in [4.78, 5) is 14.2. The fourth-order valence-electron chi connectivity index (χ4n) is 2.52. The Labute approximate surface area is 181 Å². The number of ether oxygens (including phenoxy) is 1. The molecule has 10 heteroatoms. The summed E-state index contributed by atoms with van der Waals surface area (Å²) in [6.45, 7) is 0.236. The molecule has 154 valence electrons. The molecule has 1 N–H and O–H groups in total.